The second kappa shape index (κ2) is 8.74. The molecule has 1 fully saturated rings. The van der Waals surface area contributed by atoms with Gasteiger partial charge in [0.1, 0.15) is 0 Å². The highest BCUT2D eigenvalue weighted by molar-refractivity contribution is 7.80. The van der Waals surface area contributed by atoms with Crippen molar-refractivity contribution in [3.8, 4) is 0 Å². The number of pyridine rings is 1. The predicted molar refractivity (Wildman–Crippen MR) is 133 cm³/mol. The number of anilines is 2. The highest BCUT2D eigenvalue weighted by atomic mass is 32.1. The Bertz CT molecular complexity index is 1140. The van der Waals surface area contributed by atoms with E-state index >= 15 is 0 Å². The number of nitrogens with one attached hydrogen (secondary N) is 2. The van der Waals surface area contributed by atoms with Crippen molar-refractivity contribution in [1.82, 2.24) is 14.9 Å². The minimum absolute atomic E-state index is 0.0530. The number of benzene rings is 1. The molecule has 2 atom stereocenters. The molecular formula is C25H29N5OS. The number of amides is 1. The molecule has 1 amide bonds. The molecule has 0 bridgehead atoms. The molecule has 2 N–H and O–H groups in total. The molecular weight excluding hydrogens is 418 g/mol. The average molecular weight is 448 g/mol. The molecule has 6 nitrogen and oxygen atoms in total. The van der Waals surface area contributed by atoms with E-state index in [1.54, 1.807) is 0 Å². The molecule has 32 heavy (non-hydrogen) atoms. The van der Waals surface area contributed by atoms with Gasteiger partial charge in [-0.3, -0.25) is 9.78 Å². The second-order valence-corrected chi connectivity index (χ2v) is 8.90. The van der Waals surface area contributed by atoms with Gasteiger partial charge in [-0.1, -0.05) is 6.07 Å². The summed E-state index contributed by atoms with van der Waals surface area (Å²) in [4.78, 5) is 18.2. The van der Waals surface area contributed by atoms with Gasteiger partial charge in [0.25, 0.3) is 0 Å². The van der Waals surface area contributed by atoms with Crippen molar-refractivity contribution in [3.63, 3.8) is 0 Å². The Morgan fingerprint density at radius 3 is 2.44 bits per heavy atom. The molecule has 1 aromatic carbocycles. The van der Waals surface area contributed by atoms with Crippen LogP contribution >= 0.6 is 12.2 Å². The number of aryl methyl sites for hydroxylation is 1. The van der Waals surface area contributed by atoms with Crippen LogP contribution < -0.4 is 15.5 Å². The van der Waals surface area contributed by atoms with Crippen molar-refractivity contribution in [1.29, 1.82) is 0 Å². The smallest absolute Gasteiger partial charge is 0.221 e. The highest BCUT2D eigenvalue weighted by Gasteiger charge is 2.42. The number of aromatic nitrogens is 2. The van der Waals surface area contributed by atoms with Gasteiger partial charge in [-0.25, -0.2) is 0 Å². The maximum absolute atomic E-state index is 11.4. The van der Waals surface area contributed by atoms with Crippen molar-refractivity contribution in [2.75, 3.05) is 10.2 Å². The normalized spacial score (nSPS) is 18.2. The van der Waals surface area contributed by atoms with Gasteiger partial charge in [-0.2, -0.15) is 0 Å². The van der Waals surface area contributed by atoms with E-state index in [2.05, 4.69) is 58.8 Å². The first kappa shape index (κ1) is 22.0. The lowest BCUT2D eigenvalue weighted by Crippen LogP contribution is -2.29. The lowest BCUT2D eigenvalue weighted by Gasteiger charge is -2.28. The van der Waals surface area contributed by atoms with Crippen LogP contribution in [0, 0.1) is 13.8 Å². The molecule has 0 aliphatic carbocycles. The lowest BCUT2D eigenvalue weighted by molar-refractivity contribution is -0.114. The summed E-state index contributed by atoms with van der Waals surface area (Å²) in [7, 11) is 0. The summed E-state index contributed by atoms with van der Waals surface area (Å²) < 4.78 is 2.37. The molecule has 166 valence electrons. The quantitative estimate of drug-likeness (QED) is 0.525. The third kappa shape index (κ3) is 4.00. The Morgan fingerprint density at radius 1 is 1.16 bits per heavy atom. The van der Waals surface area contributed by atoms with E-state index in [-0.39, 0.29) is 18.0 Å². The van der Waals surface area contributed by atoms with Gasteiger partial charge in [0.15, 0.2) is 5.11 Å². The molecule has 1 aliphatic heterocycles. The van der Waals surface area contributed by atoms with E-state index < -0.39 is 0 Å². The molecule has 0 spiro atoms. The molecule has 2 aromatic heterocycles. The fourth-order valence-electron chi connectivity index (χ4n) is 4.75. The first-order valence-corrected chi connectivity index (χ1v) is 11.3. The molecule has 3 heterocycles. The predicted octanol–water partition coefficient (Wildman–Crippen LogP) is 5.22. The number of hydrogen-bond donors (Lipinski definition) is 2. The summed E-state index contributed by atoms with van der Waals surface area (Å²) in [6.45, 7) is 10.2. The van der Waals surface area contributed by atoms with Crippen LogP contribution in [0.5, 0.6) is 0 Å². The zero-order chi connectivity index (χ0) is 23.0. The standard InChI is InChI=1S/C25H29N5OS/c1-15(2)29-16(3)14-21(17(29)4)24-23(22-8-6-7-13-26-22)28-25(32)30(24)20-11-9-19(10-12-20)27-18(5)31/h6-15,23-24H,1-5H3,(H,27,31)(H,28,32). The number of nitrogens with zero attached hydrogens (tertiary/aromatic N) is 3. The number of hydrogen-bond acceptors (Lipinski definition) is 3. The number of carbonyl (C=O) groups excluding carboxylic acids is 1. The average Bonchev–Trinajstić information content (AvgIpc) is 3.24. The Labute approximate surface area is 194 Å². The maximum atomic E-state index is 11.4. The maximum Gasteiger partial charge on any atom is 0.221 e. The van der Waals surface area contributed by atoms with Crippen LogP contribution in [-0.2, 0) is 4.79 Å². The van der Waals surface area contributed by atoms with E-state index in [9.17, 15) is 4.79 Å². The van der Waals surface area contributed by atoms with Crippen LogP contribution in [-0.4, -0.2) is 20.6 Å². The van der Waals surface area contributed by atoms with Crippen molar-refractivity contribution >= 4 is 34.6 Å². The third-order valence-electron chi connectivity index (χ3n) is 5.92. The van der Waals surface area contributed by atoms with Crippen molar-refractivity contribution in [2.45, 2.75) is 52.7 Å². The summed E-state index contributed by atoms with van der Waals surface area (Å²) in [5, 5.41) is 7.00. The van der Waals surface area contributed by atoms with E-state index in [1.807, 2.05) is 48.7 Å². The summed E-state index contributed by atoms with van der Waals surface area (Å²) in [6.07, 6.45) is 1.82. The van der Waals surface area contributed by atoms with Crippen LogP contribution in [0.4, 0.5) is 11.4 Å². The van der Waals surface area contributed by atoms with Crippen molar-refractivity contribution in [3.05, 3.63) is 77.4 Å². The Hall–Kier alpha value is -3.19. The van der Waals surface area contributed by atoms with Crippen molar-refractivity contribution in [2.24, 2.45) is 0 Å². The van der Waals surface area contributed by atoms with Crippen LogP contribution in [0.25, 0.3) is 0 Å². The van der Waals surface area contributed by atoms with E-state index in [0.29, 0.717) is 11.2 Å². The molecule has 1 saturated heterocycles. The largest absolute Gasteiger partial charge is 0.351 e. The number of rotatable bonds is 5. The summed E-state index contributed by atoms with van der Waals surface area (Å²) in [5.41, 5.74) is 6.36. The molecule has 0 radical (unpaired) electrons. The SMILES string of the molecule is CC(=O)Nc1ccc(N2C(=S)NC(c3ccccn3)C2c2cc(C)n(C(C)C)c2C)cc1. The van der Waals surface area contributed by atoms with Gasteiger partial charge >= 0.3 is 0 Å². The number of thiocarbonyl (C=S) groups is 1. The van der Waals surface area contributed by atoms with Crippen LogP contribution in [0.3, 0.4) is 0 Å². The second-order valence-electron chi connectivity index (χ2n) is 8.51. The van der Waals surface area contributed by atoms with E-state index in [0.717, 1.165) is 17.1 Å². The van der Waals surface area contributed by atoms with Crippen LogP contribution in [0.15, 0.2) is 54.7 Å². The van der Waals surface area contributed by atoms with Crippen LogP contribution in [0.2, 0.25) is 0 Å². The van der Waals surface area contributed by atoms with Gasteiger partial charge < -0.3 is 20.1 Å². The van der Waals surface area contributed by atoms with Crippen molar-refractivity contribution < 1.29 is 4.79 Å². The van der Waals surface area contributed by atoms with Gasteiger partial charge in [-0.05, 0) is 87.9 Å². The summed E-state index contributed by atoms with van der Waals surface area (Å²) in [6, 6.07) is 16.3. The fraction of sp³-hybridized carbons (Fsp3) is 0.320. The highest BCUT2D eigenvalue weighted by Crippen LogP contribution is 2.43. The zero-order valence-corrected chi connectivity index (χ0v) is 19.9. The molecule has 7 heteroatoms. The molecule has 3 aromatic rings. The Morgan fingerprint density at radius 2 is 1.88 bits per heavy atom. The fourth-order valence-corrected chi connectivity index (χ4v) is 5.10. The first-order chi connectivity index (χ1) is 15.3. The Kier molecular flexibility index (Phi) is 6.02. The first-order valence-electron chi connectivity index (χ1n) is 10.8. The van der Waals surface area contributed by atoms with Gasteiger partial charge in [-0.15, -0.1) is 0 Å². The minimum atomic E-state index is -0.0923. The monoisotopic (exact) mass is 447 g/mol. The van der Waals surface area contributed by atoms with Gasteiger partial charge in [0, 0.05) is 41.9 Å². The van der Waals surface area contributed by atoms with Gasteiger partial charge in [0.2, 0.25) is 5.91 Å². The third-order valence-corrected chi connectivity index (χ3v) is 6.24. The molecule has 0 saturated carbocycles. The number of carbonyl (C=O) groups is 1. The lowest BCUT2D eigenvalue weighted by atomic mass is 9.96. The summed E-state index contributed by atoms with van der Waals surface area (Å²) in [5.74, 6) is -0.0923. The van der Waals surface area contributed by atoms with Gasteiger partial charge in [0.05, 0.1) is 17.8 Å². The minimum Gasteiger partial charge on any atom is -0.351 e. The molecule has 1 aliphatic rings. The van der Waals surface area contributed by atoms with Crippen LogP contribution in [0.1, 0.15) is 61.5 Å². The molecule has 4 rings (SSSR count). The zero-order valence-electron chi connectivity index (χ0n) is 19.1. The Balaban J connectivity index is 1.82. The topological polar surface area (TPSA) is 62.2 Å². The molecule has 2 unspecified atom stereocenters. The van der Waals surface area contributed by atoms with E-state index in [1.165, 1.54) is 23.9 Å². The van der Waals surface area contributed by atoms with E-state index in [4.69, 9.17) is 12.2 Å². The summed E-state index contributed by atoms with van der Waals surface area (Å²) >= 11 is 5.82.